The lowest BCUT2D eigenvalue weighted by Gasteiger charge is -2.05. The lowest BCUT2D eigenvalue weighted by molar-refractivity contribution is 0.199. The zero-order chi connectivity index (χ0) is 12.7. The molecular weight excluding hydrogens is 238 g/mol. The molecule has 4 nitrogen and oxygen atoms in total. The largest absolute Gasteiger partial charge is 0.385 e. The van der Waals surface area contributed by atoms with E-state index in [1.165, 1.54) is 0 Å². The van der Waals surface area contributed by atoms with Crippen molar-refractivity contribution in [2.45, 2.75) is 18.7 Å². The Morgan fingerprint density at radius 2 is 2.00 bits per heavy atom. The fraction of sp³-hybridized carbons (Fsp3) is 0.500. The number of hydrogen-bond acceptors (Lipinski definition) is 4. The highest BCUT2D eigenvalue weighted by Crippen LogP contribution is 2.10. The van der Waals surface area contributed by atoms with Crippen molar-refractivity contribution in [3.8, 4) is 0 Å². The number of benzene rings is 1. The summed E-state index contributed by atoms with van der Waals surface area (Å²) in [6, 6.07) is 7.38. The van der Waals surface area contributed by atoms with E-state index in [4.69, 9.17) is 10.5 Å². The molecule has 1 rings (SSSR count). The summed E-state index contributed by atoms with van der Waals surface area (Å²) in [7, 11) is -1.49. The van der Waals surface area contributed by atoms with Crippen LogP contribution in [0.2, 0.25) is 0 Å². The van der Waals surface area contributed by atoms with Crippen LogP contribution in [0.15, 0.2) is 24.3 Å². The molecule has 0 aliphatic heterocycles. The maximum atomic E-state index is 11.8. The molecule has 0 saturated carbocycles. The highest BCUT2D eigenvalue weighted by Gasteiger charge is 2.11. The van der Waals surface area contributed by atoms with Crippen LogP contribution in [-0.4, -0.2) is 27.9 Å². The molecule has 1 aromatic rings. The van der Waals surface area contributed by atoms with Gasteiger partial charge in [0.2, 0.25) is 0 Å². The SMILES string of the molecule is COCCCS(=O)(=O)Cc1cccc(CN)c1. The van der Waals surface area contributed by atoms with Gasteiger partial charge in [-0.05, 0) is 17.5 Å². The molecule has 2 N–H and O–H groups in total. The summed E-state index contributed by atoms with van der Waals surface area (Å²) in [6.45, 7) is 0.902. The number of rotatable bonds is 7. The highest BCUT2D eigenvalue weighted by molar-refractivity contribution is 7.90. The van der Waals surface area contributed by atoms with Gasteiger partial charge in [-0.25, -0.2) is 8.42 Å². The molecule has 1 aromatic carbocycles. The Hall–Kier alpha value is -0.910. The van der Waals surface area contributed by atoms with Crippen molar-refractivity contribution in [2.75, 3.05) is 19.5 Å². The van der Waals surface area contributed by atoms with E-state index in [0.717, 1.165) is 11.1 Å². The predicted octanol–water partition coefficient (Wildman–Crippen LogP) is 1.10. The molecule has 0 fully saturated rings. The summed E-state index contributed by atoms with van der Waals surface area (Å²) in [6.07, 6.45) is 0.537. The van der Waals surface area contributed by atoms with Crippen LogP contribution in [0.3, 0.4) is 0 Å². The van der Waals surface area contributed by atoms with Crippen LogP contribution in [0.1, 0.15) is 17.5 Å². The van der Waals surface area contributed by atoms with Crippen LogP contribution < -0.4 is 5.73 Å². The monoisotopic (exact) mass is 257 g/mol. The topological polar surface area (TPSA) is 69.4 Å². The van der Waals surface area contributed by atoms with E-state index >= 15 is 0 Å². The normalized spacial score (nSPS) is 11.6. The second kappa shape index (κ2) is 6.74. The van der Waals surface area contributed by atoms with Gasteiger partial charge in [0.25, 0.3) is 0 Å². The van der Waals surface area contributed by atoms with Gasteiger partial charge in [-0.1, -0.05) is 24.3 Å². The number of nitrogens with two attached hydrogens (primary N) is 1. The van der Waals surface area contributed by atoms with E-state index in [2.05, 4.69) is 0 Å². The quantitative estimate of drug-likeness (QED) is 0.743. The predicted molar refractivity (Wildman–Crippen MR) is 68.3 cm³/mol. The Balaban J connectivity index is 2.62. The first-order valence-electron chi connectivity index (χ1n) is 5.54. The van der Waals surface area contributed by atoms with Gasteiger partial charge in [0.1, 0.15) is 0 Å². The van der Waals surface area contributed by atoms with Crippen LogP contribution in [-0.2, 0) is 26.9 Å². The summed E-state index contributed by atoms with van der Waals surface area (Å²) >= 11 is 0. The molecule has 0 bridgehead atoms. The maximum Gasteiger partial charge on any atom is 0.154 e. The molecule has 0 aliphatic carbocycles. The van der Waals surface area contributed by atoms with Gasteiger partial charge in [-0.3, -0.25) is 0 Å². The molecule has 17 heavy (non-hydrogen) atoms. The van der Waals surface area contributed by atoms with Crippen LogP contribution in [0.5, 0.6) is 0 Å². The molecule has 0 aromatic heterocycles. The second-order valence-electron chi connectivity index (χ2n) is 3.96. The third kappa shape index (κ3) is 5.30. The number of methoxy groups -OCH3 is 1. The average Bonchev–Trinajstić information content (AvgIpc) is 2.29. The molecule has 0 amide bonds. The molecule has 0 unspecified atom stereocenters. The third-order valence-electron chi connectivity index (χ3n) is 2.42. The Kier molecular flexibility index (Phi) is 5.61. The Morgan fingerprint density at radius 3 is 2.65 bits per heavy atom. The Bertz CT molecular complexity index is 443. The Morgan fingerprint density at radius 1 is 1.29 bits per heavy atom. The summed E-state index contributed by atoms with van der Waals surface area (Å²) in [4.78, 5) is 0. The fourth-order valence-electron chi connectivity index (χ4n) is 1.60. The van der Waals surface area contributed by atoms with Crippen LogP contribution in [0.4, 0.5) is 0 Å². The van der Waals surface area contributed by atoms with Crippen molar-refractivity contribution < 1.29 is 13.2 Å². The molecular formula is C12H19NO3S. The van der Waals surface area contributed by atoms with E-state index in [1.54, 1.807) is 7.11 Å². The van der Waals surface area contributed by atoms with Crippen molar-refractivity contribution in [3.05, 3.63) is 35.4 Å². The van der Waals surface area contributed by atoms with Crippen molar-refractivity contribution in [1.82, 2.24) is 0 Å². The van der Waals surface area contributed by atoms with Gasteiger partial charge in [0.15, 0.2) is 9.84 Å². The molecule has 0 saturated heterocycles. The first-order chi connectivity index (χ1) is 8.07. The van der Waals surface area contributed by atoms with Crippen molar-refractivity contribution in [3.63, 3.8) is 0 Å². The van der Waals surface area contributed by atoms with Gasteiger partial charge in [0, 0.05) is 20.3 Å². The minimum atomic E-state index is -3.05. The first kappa shape index (κ1) is 14.2. The first-order valence-corrected chi connectivity index (χ1v) is 7.37. The van der Waals surface area contributed by atoms with Gasteiger partial charge in [-0.15, -0.1) is 0 Å². The second-order valence-corrected chi connectivity index (χ2v) is 6.15. The van der Waals surface area contributed by atoms with Gasteiger partial charge < -0.3 is 10.5 Å². The van der Waals surface area contributed by atoms with E-state index in [-0.39, 0.29) is 11.5 Å². The fourth-order valence-corrected chi connectivity index (χ4v) is 2.99. The van der Waals surface area contributed by atoms with Crippen LogP contribution in [0, 0.1) is 0 Å². The lowest BCUT2D eigenvalue weighted by atomic mass is 10.1. The maximum absolute atomic E-state index is 11.8. The zero-order valence-electron chi connectivity index (χ0n) is 10.1. The zero-order valence-corrected chi connectivity index (χ0v) is 10.9. The number of ether oxygens (including phenoxy) is 1. The summed E-state index contributed by atoms with van der Waals surface area (Å²) in [5.74, 6) is 0.234. The van der Waals surface area contributed by atoms with Gasteiger partial charge >= 0.3 is 0 Å². The number of hydrogen-bond donors (Lipinski definition) is 1. The minimum absolute atomic E-state index is 0.0740. The molecule has 0 radical (unpaired) electrons. The van der Waals surface area contributed by atoms with E-state index < -0.39 is 9.84 Å². The van der Waals surface area contributed by atoms with Crippen molar-refractivity contribution in [1.29, 1.82) is 0 Å². The molecule has 5 heteroatoms. The van der Waals surface area contributed by atoms with E-state index in [0.29, 0.717) is 19.6 Å². The summed E-state index contributed by atoms with van der Waals surface area (Å²) in [5.41, 5.74) is 7.26. The van der Waals surface area contributed by atoms with E-state index in [1.807, 2.05) is 24.3 Å². The lowest BCUT2D eigenvalue weighted by Crippen LogP contribution is -2.11. The minimum Gasteiger partial charge on any atom is -0.385 e. The highest BCUT2D eigenvalue weighted by atomic mass is 32.2. The molecule has 0 spiro atoms. The molecule has 96 valence electrons. The third-order valence-corrected chi connectivity index (χ3v) is 4.10. The van der Waals surface area contributed by atoms with E-state index in [9.17, 15) is 8.42 Å². The average molecular weight is 257 g/mol. The summed E-state index contributed by atoms with van der Waals surface area (Å²) < 4.78 is 28.4. The smallest absolute Gasteiger partial charge is 0.154 e. The van der Waals surface area contributed by atoms with Crippen molar-refractivity contribution in [2.24, 2.45) is 5.73 Å². The van der Waals surface area contributed by atoms with Gasteiger partial charge in [-0.2, -0.15) is 0 Å². The Labute approximate surface area is 103 Å². The summed E-state index contributed by atoms with van der Waals surface area (Å²) in [5, 5.41) is 0. The van der Waals surface area contributed by atoms with Crippen molar-refractivity contribution >= 4 is 9.84 Å². The standard InChI is InChI=1S/C12H19NO3S/c1-16-6-3-7-17(14,15)10-12-5-2-4-11(8-12)9-13/h2,4-5,8H,3,6-7,9-10,13H2,1H3. The number of sulfone groups is 1. The van der Waals surface area contributed by atoms with Gasteiger partial charge in [0.05, 0.1) is 11.5 Å². The molecule has 0 heterocycles. The molecule has 0 aliphatic rings. The van der Waals surface area contributed by atoms with Crippen LogP contribution in [0.25, 0.3) is 0 Å². The van der Waals surface area contributed by atoms with Crippen LogP contribution >= 0.6 is 0 Å². The molecule has 0 atom stereocenters.